The molecule has 1 aromatic heterocycles. The summed E-state index contributed by atoms with van der Waals surface area (Å²) >= 11 is 3.28. The summed E-state index contributed by atoms with van der Waals surface area (Å²) in [5.74, 6) is -0.877. The Kier molecular flexibility index (Phi) is 3.68. The second-order valence-electron chi connectivity index (χ2n) is 3.48. The van der Waals surface area contributed by atoms with E-state index in [9.17, 15) is 8.78 Å². The van der Waals surface area contributed by atoms with E-state index in [0.29, 0.717) is 0 Å². The van der Waals surface area contributed by atoms with E-state index >= 15 is 0 Å². The molecule has 2 rings (SSSR count). The van der Waals surface area contributed by atoms with Crippen LogP contribution in [0.4, 0.5) is 14.5 Å². The summed E-state index contributed by atoms with van der Waals surface area (Å²) in [4.78, 5) is 3.96. The molecule has 0 fully saturated rings. The second kappa shape index (κ2) is 5.23. The van der Waals surface area contributed by atoms with Gasteiger partial charge in [-0.05, 0) is 40.2 Å². The Bertz CT molecular complexity index is 532. The van der Waals surface area contributed by atoms with Gasteiger partial charge in [-0.15, -0.1) is 0 Å². The first-order valence-corrected chi connectivity index (χ1v) is 5.73. The fraction of sp³-hybridized carbons (Fsp3) is 0.0833. The maximum Gasteiger partial charge on any atom is 0.128 e. The lowest BCUT2D eigenvalue weighted by Crippen LogP contribution is -2.02. The van der Waals surface area contributed by atoms with Crippen molar-refractivity contribution in [3.63, 3.8) is 0 Å². The minimum absolute atomic E-state index is 0.210. The van der Waals surface area contributed by atoms with Gasteiger partial charge in [0.2, 0.25) is 0 Å². The van der Waals surface area contributed by atoms with E-state index in [0.717, 1.165) is 22.3 Å². The molecule has 1 N–H and O–H groups in total. The average Bonchev–Trinajstić information content (AvgIpc) is 2.30. The molecule has 0 unspecified atom stereocenters. The summed E-state index contributed by atoms with van der Waals surface area (Å²) in [6.45, 7) is 0.210. The van der Waals surface area contributed by atoms with Crippen LogP contribution in [-0.2, 0) is 6.54 Å². The van der Waals surface area contributed by atoms with Crippen LogP contribution >= 0.6 is 15.9 Å². The summed E-state index contributed by atoms with van der Waals surface area (Å²) in [5.41, 5.74) is 1.02. The minimum Gasteiger partial charge on any atom is -0.380 e. The van der Waals surface area contributed by atoms with E-state index < -0.39 is 11.6 Å². The molecule has 1 heterocycles. The number of hydrogen-bond donors (Lipinski definition) is 1. The normalized spacial score (nSPS) is 10.3. The third-order valence-corrected chi connectivity index (χ3v) is 2.63. The Morgan fingerprint density at radius 2 is 2.00 bits per heavy atom. The van der Waals surface area contributed by atoms with Crippen molar-refractivity contribution in [3.05, 3.63) is 58.3 Å². The highest BCUT2D eigenvalue weighted by molar-refractivity contribution is 9.10. The third kappa shape index (κ3) is 3.23. The van der Waals surface area contributed by atoms with E-state index in [4.69, 9.17) is 0 Å². The van der Waals surface area contributed by atoms with Crippen LogP contribution in [0.25, 0.3) is 0 Å². The van der Waals surface area contributed by atoms with Crippen LogP contribution in [0.15, 0.2) is 41.1 Å². The van der Waals surface area contributed by atoms with Gasteiger partial charge in [0.1, 0.15) is 11.6 Å². The van der Waals surface area contributed by atoms with Crippen molar-refractivity contribution >= 4 is 21.6 Å². The standard InChI is InChI=1S/C12H9BrF2N2/c13-9-4-11(7-16-6-9)17-5-8-3-10(14)1-2-12(8)15/h1-4,6-7,17H,5H2. The molecular formula is C12H9BrF2N2. The molecule has 17 heavy (non-hydrogen) atoms. The van der Waals surface area contributed by atoms with Gasteiger partial charge in [-0.2, -0.15) is 0 Å². The highest BCUT2D eigenvalue weighted by Crippen LogP contribution is 2.16. The summed E-state index contributed by atoms with van der Waals surface area (Å²) in [6, 6.07) is 5.20. The zero-order chi connectivity index (χ0) is 12.3. The summed E-state index contributed by atoms with van der Waals surface area (Å²) in [6.07, 6.45) is 3.26. The molecule has 0 saturated heterocycles. The molecule has 0 atom stereocenters. The predicted octanol–water partition coefficient (Wildman–Crippen LogP) is 3.73. The van der Waals surface area contributed by atoms with Crippen molar-refractivity contribution in [1.29, 1.82) is 0 Å². The van der Waals surface area contributed by atoms with E-state index in [1.807, 2.05) is 6.07 Å². The molecule has 0 radical (unpaired) electrons. The lowest BCUT2D eigenvalue weighted by molar-refractivity contribution is 0.587. The molecule has 2 aromatic rings. The molecule has 88 valence electrons. The van der Waals surface area contributed by atoms with Crippen molar-refractivity contribution < 1.29 is 8.78 Å². The molecular weight excluding hydrogens is 290 g/mol. The van der Waals surface area contributed by atoms with Gasteiger partial charge in [0.05, 0.1) is 11.9 Å². The molecule has 0 aliphatic carbocycles. The van der Waals surface area contributed by atoms with Crippen molar-refractivity contribution in [2.75, 3.05) is 5.32 Å². The molecule has 1 aromatic carbocycles. The van der Waals surface area contributed by atoms with Crippen LogP contribution in [0.5, 0.6) is 0 Å². The van der Waals surface area contributed by atoms with Gasteiger partial charge in [0, 0.05) is 22.8 Å². The number of benzene rings is 1. The van der Waals surface area contributed by atoms with Crippen LogP contribution in [0.1, 0.15) is 5.56 Å². The Labute approximate surface area is 106 Å². The van der Waals surface area contributed by atoms with Crippen LogP contribution < -0.4 is 5.32 Å². The fourth-order valence-electron chi connectivity index (χ4n) is 1.38. The summed E-state index contributed by atoms with van der Waals surface area (Å²) in [7, 11) is 0. The predicted molar refractivity (Wildman–Crippen MR) is 65.6 cm³/mol. The van der Waals surface area contributed by atoms with Crippen LogP contribution in [0, 0.1) is 11.6 Å². The maximum absolute atomic E-state index is 13.3. The Balaban J connectivity index is 2.09. The molecule has 5 heteroatoms. The monoisotopic (exact) mass is 298 g/mol. The largest absolute Gasteiger partial charge is 0.380 e. The molecule has 0 aliphatic rings. The van der Waals surface area contributed by atoms with Gasteiger partial charge in [0.25, 0.3) is 0 Å². The number of pyridine rings is 1. The SMILES string of the molecule is Fc1ccc(F)c(CNc2cncc(Br)c2)c1. The number of anilines is 1. The number of aromatic nitrogens is 1. The average molecular weight is 299 g/mol. The van der Waals surface area contributed by atoms with Crippen LogP contribution in [0.3, 0.4) is 0 Å². The van der Waals surface area contributed by atoms with Crippen LogP contribution in [-0.4, -0.2) is 4.98 Å². The van der Waals surface area contributed by atoms with Crippen molar-refractivity contribution in [1.82, 2.24) is 4.98 Å². The third-order valence-electron chi connectivity index (χ3n) is 2.20. The molecule has 0 amide bonds. The number of nitrogens with one attached hydrogen (secondary N) is 1. The van der Waals surface area contributed by atoms with Gasteiger partial charge in [-0.25, -0.2) is 8.78 Å². The van der Waals surface area contributed by atoms with E-state index in [1.54, 1.807) is 12.4 Å². The first-order valence-electron chi connectivity index (χ1n) is 4.93. The minimum atomic E-state index is -0.449. The number of hydrogen-bond acceptors (Lipinski definition) is 2. The maximum atomic E-state index is 13.3. The lowest BCUT2D eigenvalue weighted by Gasteiger charge is -2.07. The van der Waals surface area contributed by atoms with Crippen molar-refractivity contribution in [2.45, 2.75) is 6.54 Å². The fourth-order valence-corrected chi connectivity index (χ4v) is 1.75. The van der Waals surface area contributed by atoms with Gasteiger partial charge < -0.3 is 5.32 Å². The van der Waals surface area contributed by atoms with Crippen molar-refractivity contribution in [2.24, 2.45) is 0 Å². The first-order chi connectivity index (χ1) is 8.15. The zero-order valence-corrected chi connectivity index (χ0v) is 10.3. The highest BCUT2D eigenvalue weighted by Gasteiger charge is 2.03. The van der Waals surface area contributed by atoms with E-state index in [1.165, 1.54) is 6.07 Å². The lowest BCUT2D eigenvalue weighted by atomic mass is 10.2. The van der Waals surface area contributed by atoms with Crippen molar-refractivity contribution in [3.8, 4) is 0 Å². The van der Waals surface area contributed by atoms with Gasteiger partial charge in [-0.3, -0.25) is 4.98 Å². The van der Waals surface area contributed by atoms with E-state index in [-0.39, 0.29) is 12.1 Å². The molecule has 0 spiro atoms. The highest BCUT2D eigenvalue weighted by atomic mass is 79.9. The van der Waals surface area contributed by atoms with E-state index in [2.05, 4.69) is 26.2 Å². The molecule has 0 bridgehead atoms. The molecule has 0 saturated carbocycles. The number of rotatable bonds is 3. The molecule has 0 aliphatic heterocycles. The Morgan fingerprint density at radius 3 is 2.76 bits per heavy atom. The topological polar surface area (TPSA) is 24.9 Å². The zero-order valence-electron chi connectivity index (χ0n) is 8.75. The van der Waals surface area contributed by atoms with Gasteiger partial charge in [0.15, 0.2) is 0 Å². The summed E-state index contributed by atoms with van der Waals surface area (Å²) < 4.78 is 27.1. The van der Waals surface area contributed by atoms with Gasteiger partial charge in [-0.1, -0.05) is 0 Å². The van der Waals surface area contributed by atoms with Crippen LogP contribution in [0.2, 0.25) is 0 Å². The quantitative estimate of drug-likeness (QED) is 0.934. The Morgan fingerprint density at radius 1 is 1.18 bits per heavy atom. The smallest absolute Gasteiger partial charge is 0.128 e. The first kappa shape index (κ1) is 12.0. The van der Waals surface area contributed by atoms with Gasteiger partial charge >= 0.3 is 0 Å². The Hall–Kier alpha value is -1.49. The molecule has 2 nitrogen and oxygen atoms in total. The second-order valence-corrected chi connectivity index (χ2v) is 4.40. The summed E-state index contributed by atoms with van der Waals surface area (Å²) in [5, 5.41) is 2.97. The number of nitrogens with zero attached hydrogens (tertiary/aromatic N) is 1. The number of halogens is 3.